The van der Waals surface area contributed by atoms with E-state index < -0.39 is 10.0 Å². The molecule has 1 aliphatic rings. The van der Waals surface area contributed by atoms with Crippen LogP contribution in [0.5, 0.6) is 0 Å². The molecule has 0 unspecified atom stereocenters. The third kappa shape index (κ3) is 5.43. The molecule has 0 atom stereocenters. The van der Waals surface area contributed by atoms with Gasteiger partial charge in [-0.05, 0) is 12.8 Å². The first kappa shape index (κ1) is 12.9. The lowest BCUT2D eigenvalue weighted by Crippen LogP contribution is -2.48. The summed E-state index contributed by atoms with van der Waals surface area (Å²) in [7, 11) is -3.24. The summed E-state index contributed by atoms with van der Waals surface area (Å²) in [4.78, 5) is 2.50. The fraction of sp³-hybridized carbons (Fsp3) is 1.00. The molecule has 1 heterocycles. The number of morpholine rings is 1. The predicted octanol–water partition coefficient (Wildman–Crippen LogP) is -1.07. The van der Waals surface area contributed by atoms with E-state index in [0.717, 1.165) is 0 Å². The lowest BCUT2D eigenvalue weighted by molar-refractivity contribution is 0.0272. The molecule has 0 aromatic carbocycles. The Labute approximate surface area is 90.2 Å². The first-order valence-corrected chi connectivity index (χ1v) is 6.73. The summed E-state index contributed by atoms with van der Waals surface area (Å²) < 4.78 is 28.1. The van der Waals surface area contributed by atoms with Crippen LogP contribution in [-0.2, 0) is 14.8 Å². The topological polar surface area (TPSA) is 78.9 Å². The first-order valence-electron chi connectivity index (χ1n) is 5.08. The molecule has 0 radical (unpaired) electrons. The Morgan fingerprint density at radius 1 is 1.27 bits per heavy atom. The Balaban J connectivity index is 2.27. The van der Waals surface area contributed by atoms with Gasteiger partial charge in [-0.1, -0.05) is 0 Å². The second-order valence-electron chi connectivity index (χ2n) is 3.44. The summed E-state index contributed by atoms with van der Waals surface area (Å²) in [5.74, 6) is 0.0604. The molecule has 0 aliphatic carbocycles. The number of sulfonamides is 1. The van der Waals surface area contributed by atoms with E-state index in [9.17, 15) is 8.42 Å². The van der Waals surface area contributed by atoms with E-state index in [2.05, 4.69) is 4.83 Å². The maximum absolute atomic E-state index is 11.5. The second-order valence-corrected chi connectivity index (χ2v) is 5.26. The Hall–Kier alpha value is -0.210. The van der Waals surface area contributed by atoms with Crippen LogP contribution in [0, 0.1) is 0 Å². The highest BCUT2D eigenvalue weighted by Gasteiger charge is 2.17. The molecule has 0 saturated carbocycles. The van der Waals surface area contributed by atoms with Crippen LogP contribution in [0.2, 0.25) is 0 Å². The number of hydrogen-bond acceptors (Lipinski definition) is 5. The minimum Gasteiger partial charge on any atom is -0.396 e. The quantitative estimate of drug-likeness (QED) is 0.576. The Morgan fingerprint density at radius 3 is 2.53 bits per heavy atom. The molecule has 0 amide bonds. The molecule has 1 saturated heterocycles. The molecule has 0 bridgehead atoms. The average Bonchev–Trinajstić information content (AvgIpc) is 2.18. The van der Waals surface area contributed by atoms with Crippen molar-refractivity contribution in [3.05, 3.63) is 0 Å². The van der Waals surface area contributed by atoms with Crippen molar-refractivity contribution in [3.8, 4) is 0 Å². The number of aliphatic hydroxyl groups is 1. The molecule has 0 aromatic rings. The number of nitrogens with zero attached hydrogens (tertiary/aromatic N) is 1. The Kier molecular flexibility index (Phi) is 5.48. The zero-order valence-corrected chi connectivity index (χ0v) is 9.50. The number of hydrazine groups is 1. The average molecular weight is 238 g/mol. The molecule has 1 aliphatic heterocycles. The van der Waals surface area contributed by atoms with Gasteiger partial charge in [0, 0.05) is 19.7 Å². The van der Waals surface area contributed by atoms with Crippen molar-refractivity contribution >= 4 is 10.0 Å². The molecule has 15 heavy (non-hydrogen) atoms. The monoisotopic (exact) mass is 238 g/mol. The lowest BCUT2D eigenvalue weighted by atomic mass is 10.4. The maximum Gasteiger partial charge on any atom is 0.224 e. The van der Waals surface area contributed by atoms with E-state index >= 15 is 0 Å². The number of rotatable bonds is 6. The minimum absolute atomic E-state index is 0.0348. The van der Waals surface area contributed by atoms with Crippen LogP contribution in [0.3, 0.4) is 0 Å². The number of unbranched alkanes of at least 4 members (excludes halogenated alkanes) is 1. The molecule has 2 N–H and O–H groups in total. The van der Waals surface area contributed by atoms with Gasteiger partial charge in [-0.15, -0.1) is 4.83 Å². The Bertz CT molecular complexity index is 262. The zero-order valence-electron chi connectivity index (χ0n) is 8.68. The van der Waals surface area contributed by atoms with Crippen molar-refractivity contribution < 1.29 is 18.3 Å². The molecule has 90 valence electrons. The highest BCUT2D eigenvalue weighted by molar-refractivity contribution is 7.89. The van der Waals surface area contributed by atoms with Gasteiger partial charge in [0.1, 0.15) is 0 Å². The number of aliphatic hydroxyl groups excluding tert-OH is 1. The Morgan fingerprint density at radius 2 is 1.93 bits per heavy atom. The van der Waals surface area contributed by atoms with E-state index in [0.29, 0.717) is 39.1 Å². The highest BCUT2D eigenvalue weighted by atomic mass is 32.2. The normalized spacial score (nSPS) is 19.3. The summed E-state index contributed by atoms with van der Waals surface area (Å²) >= 11 is 0. The second kappa shape index (κ2) is 6.39. The third-order valence-corrected chi connectivity index (χ3v) is 3.46. The molecular formula is C8H18N2O4S. The van der Waals surface area contributed by atoms with Crippen molar-refractivity contribution in [2.45, 2.75) is 12.8 Å². The first-order chi connectivity index (χ1) is 7.14. The molecule has 1 rings (SSSR count). The number of ether oxygens (including phenoxy) is 1. The summed E-state index contributed by atoms with van der Waals surface area (Å²) in [6.45, 7) is 2.31. The van der Waals surface area contributed by atoms with Crippen molar-refractivity contribution in [1.29, 1.82) is 0 Å². The van der Waals surface area contributed by atoms with E-state index in [-0.39, 0.29) is 12.4 Å². The van der Waals surface area contributed by atoms with Crippen molar-refractivity contribution in [1.82, 2.24) is 9.84 Å². The standard InChI is InChI=1S/C8H18N2O4S/c11-5-1-2-8-15(12,13)9-10-3-6-14-7-4-10/h9,11H,1-8H2. The zero-order chi connectivity index (χ0) is 11.1. The maximum atomic E-state index is 11.5. The summed E-state index contributed by atoms with van der Waals surface area (Å²) in [6, 6.07) is 0. The molecule has 0 spiro atoms. The third-order valence-electron chi connectivity index (χ3n) is 2.10. The molecular weight excluding hydrogens is 220 g/mol. The smallest absolute Gasteiger partial charge is 0.224 e. The molecule has 6 nitrogen and oxygen atoms in total. The van der Waals surface area contributed by atoms with Crippen LogP contribution in [0.1, 0.15) is 12.8 Å². The van der Waals surface area contributed by atoms with Crippen LogP contribution >= 0.6 is 0 Å². The summed E-state index contributed by atoms with van der Waals surface area (Å²) in [6.07, 6.45) is 1.00. The van der Waals surface area contributed by atoms with Crippen molar-refractivity contribution in [2.24, 2.45) is 0 Å². The van der Waals surface area contributed by atoms with Gasteiger partial charge in [-0.2, -0.15) is 0 Å². The molecule has 7 heteroatoms. The van der Waals surface area contributed by atoms with Crippen molar-refractivity contribution in [2.75, 3.05) is 38.7 Å². The van der Waals surface area contributed by atoms with Gasteiger partial charge in [0.15, 0.2) is 0 Å². The van der Waals surface area contributed by atoms with E-state index in [1.807, 2.05) is 0 Å². The SMILES string of the molecule is O=S(=O)(CCCCO)NN1CCOCC1. The summed E-state index contributed by atoms with van der Waals surface area (Å²) in [5.41, 5.74) is 0. The van der Waals surface area contributed by atoms with Gasteiger partial charge >= 0.3 is 0 Å². The van der Waals surface area contributed by atoms with Crippen LogP contribution in [0.15, 0.2) is 0 Å². The molecule has 1 fully saturated rings. The van der Waals surface area contributed by atoms with Gasteiger partial charge < -0.3 is 9.84 Å². The van der Waals surface area contributed by atoms with E-state index in [4.69, 9.17) is 9.84 Å². The number of hydrogen-bond donors (Lipinski definition) is 2. The lowest BCUT2D eigenvalue weighted by Gasteiger charge is -2.26. The van der Waals surface area contributed by atoms with Crippen LogP contribution in [-0.4, -0.2) is 57.2 Å². The highest BCUT2D eigenvalue weighted by Crippen LogP contribution is 1.98. The van der Waals surface area contributed by atoms with Gasteiger partial charge in [0.25, 0.3) is 0 Å². The largest absolute Gasteiger partial charge is 0.396 e. The summed E-state index contributed by atoms with van der Waals surface area (Å²) in [5, 5.41) is 10.2. The van der Waals surface area contributed by atoms with Gasteiger partial charge in [0.05, 0.1) is 19.0 Å². The van der Waals surface area contributed by atoms with E-state index in [1.165, 1.54) is 0 Å². The van der Waals surface area contributed by atoms with E-state index in [1.54, 1.807) is 5.01 Å². The predicted molar refractivity (Wildman–Crippen MR) is 55.6 cm³/mol. The van der Waals surface area contributed by atoms with Crippen LogP contribution in [0.4, 0.5) is 0 Å². The molecule has 0 aromatic heterocycles. The fourth-order valence-electron chi connectivity index (χ4n) is 1.30. The van der Waals surface area contributed by atoms with Crippen LogP contribution in [0.25, 0.3) is 0 Å². The van der Waals surface area contributed by atoms with Gasteiger partial charge in [0.2, 0.25) is 10.0 Å². The van der Waals surface area contributed by atoms with Crippen LogP contribution < -0.4 is 4.83 Å². The van der Waals surface area contributed by atoms with Crippen molar-refractivity contribution in [3.63, 3.8) is 0 Å². The minimum atomic E-state index is -3.24. The van der Waals surface area contributed by atoms with Gasteiger partial charge in [-0.3, -0.25) is 0 Å². The fourth-order valence-corrected chi connectivity index (χ4v) is 2.55. The number of nitrogens with one attached hydrogen (secondary N) is 1. The van der Waals surface area contributed by atoms with Gasteiger partial charge in [-0.25, -0.2) is 13.4 Å².